The van der Waals surface area contributed by atoms with Gasteiger partial charge < -0.3 is 10.0 Å². The summed E-state index contributed by atoms with van der Waals surface area (Å²) >= 11 is 0. The van der Waals surface area contributed by atoms with Crippen LogP contribution in [0.4, 0.5) is 0 Å². The molecular weight excluding hydrogens is 306 g/mol. The van der Waals surface area contributed by atoms with Crippen molar-refractivity contribution in [3.05, 3.63) is 59.7 Å². The van der Waals surface area contributed by atoms with Gasteiger partial charge >= 0.3 is 5.97 Å². The minimum Gasteiger partial charge on any atom is -0.481 e. The number of rotatable bonds is 5. The predicted octanol–water partition coefficient (Wildman–Crippen LogP) is 2.47. The lowest BCUT2D eigenvalue weighted by Crippen LogP contribution is -2.31. The first kappa shape index (κ1) is 16.1. The summed E-state index contributed by atoms with van der Waals surface area (Å²) in [6.45, 7) is 0.694. The fourth-order valence-corrected chi connectivity index (χ4v) is 3.03. The highest BCUT2D eigenvalue weighted by Gasteiger charge is 2.31. The average molecular weight is 325 g/mol. The molecule has 6 heteroatoms. The summed E-state index contributed by atoms with van der Waals surface area (Å²) in [4.78, 5) is 33.9. The molecular formula is C18H19N3O3. The second kappa shape index (κ2) is 7.21. The van der Waals surface area contributed by atoms with Gasteiger partial charge in [0.1, 0.15) is 0 Å². The molecule has 1 aliphatic rings. The van der Waals surface area contributed by atoms with E-state index in [0.29, 0.717) is 18.5 Å². The first-order chi connectivity index (χ1) is 11.6. The molecule has 2 aromatic rings. The standard InChI is InChI=1S/C18H19N3O3/c22-17(23)9-8-14-5-1-6-15(20-14)16-7-3-11-21(16)18(24)13-4-2-10-19-12-13/h1-2,4-6,10,12,16H,3,7-9,11H2,(H,22,23). The van der Waals surface area contributed by atoms with Crippen molar-refractivity contribution in [1.29, 1.82) is 0 Å². The molecule has 0 aromatic carbocycles. The average Bonchev–Trinajstić information content (AvgIpc) is 3.10. The number of pyridine rings is 2. The van der Waals surface area contributed by atoms with Gasteiger partial charge in [0.25, 0.3) is 5.91 Å². The number of aryl methyl sites for hydroxylation is 1. The Morgan fingerprint density at radius 3 is 2.88 bits per heavy atom. The third-order valence-corrected chi connectivity index (χ3v) is 4.19. The van der Waals surface area contributed by atoms with Gasteiger partial charge in [-0.1, -0.05) is 6.07 Å². The monoisotopic (exact) mass is 325 g/mol. The summed E-state index contributed by atoms with van der Waals surface area (Å²) in [6, 6.07) is 9.07. The minimum atomic E-state index is -0.837. The van der Waals surface area contributed by atoms with Gasteiger partial charge in [-0.3, -0.25) is 19.6 Å². The van der Waals surface area contributed by atoms with Gasteiger partial charge in [0.2, 0.25) is 0 Å². The Kier molecular flexibility index (Phi) is 4.84. The molecule has 1 N–H and O–H groups in total. The molecule has 1 unspecified atom stereocenters. The van der Waals surface area contributed by atoms with E-state index in [4.69, 9.17) is 5.11 Å². The fourth-order valence-electron chi connectivity index (χ4n) is 3.03. The number of carboxylic acid groups (broad SMARTS) is 1. The van der Waals surface area contributed by atoms with Gasteiger partial charge in [-0.05, 0) is 37.1 Å². The molecule has 1 saturated heterocycles. The van der Waals surface area contributed by atoms with Crippen LogP contribution >= 0.6 is 0 Å². The largest absolute Gasteiger partial charge is 0.481 e. The topological polar surface area (TPSA) is 83.4 Å². The zero-order valence-electron chi connectivity index (χ0n) is 13.3. The summed E-state index contributed by atoms with van der Waals surface area (Å²) in [5.74, 6) is -0.875. The molecule has 0 aliphatic carbocycles. The molecule has 0 radical (unpaired) electrons. The number of carbonyl (C=O) groups is 2. The normalized spacial score (nSPS) is 17.0. The van der Waals surface area contributed by atoms with Gasteiger partial charge in [-0.25, -0.2) is 0 Å². The molecule has 24 heavy (non-hydrogen) atoms. The predicted molar refractivity (Wildman–Crippen MR) is 87.4 cm³/mol. The van der Waals surface area contributed by atoms with Gasteiger partial charge in [0, 0.05) is 31.1 Å². The molecule has 3 rings (SSSR count). The third kappa shape index (κ3) is 3.59. The second-order valence-corrected chi connectivity index (χ2v) is 5.85. The van der Waals surface area contributed by atoms with Crippen LogP contribution in [0.2, 0.25) is 0 Å². The summed E-state index contributed by atoms with van der Waals surface area (Å²) in [5.41, 5.74) is 2.15. The molecule has 3 heterocycles. The summed E-state index contributed by atoms with van der Waals surface area (Å²) in [6.07, 6.45) is 5.46. The third-order valence-electron chi connectivity index (χ3n) is 4.19. The number of hydrogen-bond donors (Lipinski definition) is 1. The Bertz CT molecular complexity index is 733. The Morgan fingerprint density at radius 2 is 2.12 bits per heavy atom. The quantitative estimate of drug-likeness (QED) is 0.913. The lowest BCUT2D eigenvalue weighted by atomic mass is 10.1. The highest BCUT2D eigenvalue weighted by atomic mass is 16.4. The van der Waals surface area contributed by atoms with Gasteiger partial charge in [-0.15, -0.1) is 0 Å². The number of nitrogens with zero attached hydrogens (tertiary/aromatic N) is 3. The van der Waals surface area contributed by atoms with Crippen LogP contribution in [0.25, 0.3) is 0 Å². The molecule has 124 valence electrons. The van der Waals surface area contributed by atoms with Crippen LogP contribution < -0.4 is 0 Å². The van der Waals surface area contributed by atoms with Crippen LogP contribution in [0.5, 0.6) is 0 Å². The number of carbonyl (C=O) groups excluding carboxylic acids is 1. The Balaban J connectivity index is 1.79. The van der Waals surface area contributed by atoms with E-state index in [0.717, 1.165) is 24.2 Å². The maximum absolute atomic E-state index is 12.7. The first-order valence-corrected chi connectivity index (χ1v) is 8.04. The molecule has 0 bridgehead atoms. The van der Waals surface area contributed by atoms with E-state index in [1.54, 1.807) is 24.5 Å². The van der Waals surface area contributed by atoms with Crippen molar-refractivity contribution in [3.63, 3.8) is 0 Å². The van der Waals surface area contributed by atoms with Gasteiger partial charge in [0.05, 0.1) is 23.7 Å². The highest BCUT2D eigenvalue weighted by Crippen LogP contribution is 2.32. The first-order valence-electron chi connectivity index (χ1n) is 8.04. The lowest BCUT2D eigenvalue weighted by molar-refractivity contribution is -0.136. The van der Waals surface area contributed by atoms with Gasteiger partial charge in [-0.2, -0.15) is 0 Å². The van der Waals surface area contributed by atoms with E-state index >= 15 is 0 Å². The van der Waals surface area contributed by atoms with Crippen LogP contribution in [0.15, 0.2) is 42.7 Å². The molecule has 1 fully saturated rings. The van der Waals surface area contributed by atoms with E-state index in [-0.39, 0.29) is 18.4 Å². The molecule has 0 spiro atoms. The molecule has 0 saturated carbocycles. The van der Waals surface area contributed by atoms with E-state index in [1.165, 1.54) is 0 Å². The van der Waals surface area contributed by atoms with Crippen molar-refractivity contribution in [2.24, 2.45) is 0 Å². The van der Waals surface area contributed by atoms with Crippen molar-refractivity contribution in [3.8, 4) is 0 Å². The van der Waals surface area contributed by atoms with Crippen molar-refractivity contribution in [1.82, 2.24) is 14.9 Å². The summed E-state index contributed by atoms with van der Waals surface area (Å²) in [7, 11) is 0. The van der Waals surface area contributed by atoms with Gasteiger partial charge in [0.15, 0.2) is 0 Å². The van der Waals surface area contributed by atoms with Crippen LogP contribution in [0.3, 0.4) is 0 Å². The number of likely N-dealkylation sites (tertiary alicyclic amines) is 1. The Labute approximate surface area is 140 Å². The van der Waals surface area contributed by atoms with E-state index < -0.39 is 5.97 Å². The maximum atomic E-state index is 12.7. The van der Waals surface area contributed by atoms with Crippen molar-refractivity contribution in [2.75, 3.05) is 6.54 Å². The van der Waals surface area contributed by atoms with Crippen molar-refractivity contribution >= 4 is 11.9 Å². The SMILES string of the molecule is O=C(O)CCc1cccc(C2CCCN2C(=O)c2cccnc2)n1. The van der Waals surface area contributed by atoms with E-state index in [1.807, 2.05) is 23.1 Å². The van der Waals surface area contributed by atoms with Crippen molar-refractivity contribution in [2.45, 2.75) is 31.7 Å². The van der Waals surface area contributed by atoms with E-state index in [9.17, 15) is 9.59 Å². The molecule has 1 atom stereocenters. The second-order valence-electron chi connectivity index (χ2n) is 5.85. The molecule has 1 aliphatic heterocycles. The zero-order chi connectivity index (χ0) is 16.9. The number of carboxylic acids is 1. The van der Waals surface area contributed by atoms with Crippen LogP contribution in [0.1, 0.15) is 47.1 Å². The summed E-state index contributed by atoms with van der Waals surface area (Å²) < 4.78 is 0. The van der Waals surface area contributed by atoms with Crippen molar-refractivity contribution < 1.29 is 14.7 Å². The van der Waals surface area contributed by atoms with Crippen LogP contribution in [0, 0.1) is 0 Å². The fraction of sp³-hybridized carbons (Fsp3) is 0.333. The van der Waals surface area contributed by atoms with Crippen LogP contribution in [-0.4, -0.2) is 38.4 Å². The minimum absolute atomic E-state index is 0.0386. The Morgan fingerprint density at radius 1 is 1.25 bits per heavy atom. The number of hydrogen-bond acceptors (Lipinski definition) is 4. The number of amides is 1. The number of aromatic nitrogens is 2. The highest BCUT2D eigenvalue weighted by molar-refractivity contribution is 5.94. The van der Waals surface area contributed by atoms with E-state index in [2.05, 4.69) is 9.97 Å². The van der Waals surface area contributed by atoms with Crippen LogP contribution in [-0.2, 0) is 11.2 Å². The zero-order valence-corrected chi connectivity index (χ0v) is 13.3. The smallest absolute Gasteiger partial charge is 0.303 e. The Hall–Kier alpha value is -2.76. The molecule has 1 amide bonds. The lowest BCUT2D eigenvalue weighted by Gasteiger charge is -2.24. The maximum Gasteiger partial charge on any atom is 0.303 e. The molecule has 2 aromatic heterocycles. The summed E-state index contributed by atoms with van der Waals surface area (Å²) in [5, 5.41) is 8.81. The number of aliphatic carboxylic acids is 1. The molecule has 6 nitrogen and oxygen atoms in total.